The summed E-state index contributed by atoms with van der Waals surface area (Å²) in [6.07, 6.45) is -1.34. The van der Waals surface area contributed by atoms with Gasteiger partial charge in [0.2, 0.25) is 5.88 Å². The Labute approximate surface area is 209 Å². The van der Waals surface area contributed by atoms with Crippen molar-refractivity contribution in [3.63, 3.8) is 0 Å². The first kappa shape index (κ1) is 26.0. The summed E-state index contributed by atoms with van der Waals surface area (Å²) in [5, 5.41) is 18.4. The van der Waals surface area contributed by atoms with Gasteiger partial charge in [0.05, 0.1) is 22.9 Å². The van der Waals surface area contributed by atoms with Crippen LogP contribution in [0.4, 0.5) is 18.9 Å². The Morgan fingerprint density at radius 1 is 1.19 bits per heavy atom. The van der Waals surface area contributed by atoms with E-state index >= 15 is 0 Å². The summed E-state index contributed by atoms with van der Waals surface area (Å²) < 4.78 is 69.9. The Morgan fingerprint density at radius 3 is 2.46 bits per heavy atom. The van der Waals surface area contributed by atoms with E-state index in [9.17, 15) is 31.6 Å². The maximum absolute atomic E-state index is 13.5. The van der Waals surface area contributed by atoms with E-state index in [4.69, 9.17) is 4.74 Å². The molecular formula is C23H19F3N6O4S. The number of halogens is 3. The van der Waals surface area contributed by atoms with Gasteiger partial charge in [0, 0.05) is 11.9 Å². The van der Waals surface area contributed by atoms with Crippen molar-refractivity contribution in [3.05, 3.63) is 58.7 Å². The normalized spacial score (nSPS) is 14.5. The summed E-state index contributed by atoms with van der Waals surface area (Å²) in [4.78, 5) is 21.5. The van der Waals surface area contributed by atoms with Crippen LogP contribution in [0.3, 0.4) is 0 Å². The number of hydrogen-bond acceptors (Lipinski definition) is 9. The van der Waals surface area contributed by atoms with E-state index < -0.39 is 50.0 Å². The highest BCUT2D eigenvalue weighted by Gasteiger charge is 2.47. The van der Waals surface area contributed by atoms with Crippen molar-refractivity contribution in [2.45, 2.75) is 43.2 Å². The van der Waals surface area contributed by atoms with Crippen LogP contribution in [0, 0.1) is 25.2 Å². The Hall–Kier alpha value is -4.12. The Bertz CT molecular complexity index is 1560. The lowest BCUT2D eigenvalue weighted by Crippen LogP contribution is -2.21. The number of benzene rings is 1. The van der Waals surface area contributed by atoms with Crippen molar-refractivity contribution in [3.8, 4) is 17.8 Å². The third-order valence-electron chi connectivity index (χ3n) is 5.75. The van der Waals surface area contributed by atoms with Crippen LogP contribution in [0.2, 0.25) is 0 Å². The third-order valence-corrected chi connectivity index (χ3v) is 6.86. The van der Waals surface area contributed by atoms with Gasteiger partial charge >= 0.3 is 6.18 Å². The van der Waals surface area contributed by atoms with Gasteiger partial charge in [-0.2, -0.15) is 18.4 Å². The SMILES string of the molecule is Cc1nc(C2(C#N)CC2)cnc1Oc1nnc(C(F)(F)F)c(C)c1C(=O)Nc1cccc(S(C)(=O)=O)c1. The van der Waals surface area contributed by atoms with Gasteiger partial charge < -0.3 is 10.1 Å². The number of alkyl halides is 3. The minimum atomic E-state index is -4.91. The summed E-state index contributed by atoms with van der Waals surface area (Å²) in [6.45, 7) is 2.57. The monoisotopic (exact) mass is 532 g/mol. The molecule has 10 nitrogen and oxygen atoms in total. The van der Waals surface area contributed by atoms with Crippen molar-refractivity contribution >= 4 is 21.4 Å². The van der Waals surface area contributed by atoms with Crippen molar-refractivity contribution in [1.29, 1.82) is 5.26 Å². The summed E-state index contributed by atoms with van der Waals surface area (Å²) in [5.41, 5.74) is -2.55. The number of sulfone groups is 1. The van der Waals surface area contributed by atoms with Gasteiger partial charge in [-0.15, -0.1) is 10.2 Å². The average Bonchev–Trinajstić information content (AvgIpc) is 3.60. The highest BCUT2D eigenvalue weighted by Crippen LogP contribution is 2.46. The van der Waals surface area contributed by atoms with Crippen molar-refractivity contribution in [2.75, 3.05) is 11.6 Å². The predicted octanol–water partition coefficient (Wildman–Crippen LogP) is 3.91. The number of rotatable bonds is 6. The molecule has 0 atom stereocenters. The van der Waals surface area contributed by atoms with Crippen LogP contribution in [0.1, 0.15) is 45.8 Å². The molecule has 3 aromatic rings. The Kier molecular flexibility index (Phi) is 6.37. The summed E-state index contributed by atoms with van der Waals surface area (Å²) >= 11 is 0. The fourth-order valence-electron chi connectivity index (χ4n) is 3.55. The van der Waals surface area contributed by atoms with Gasteiger partial charge in [0.25, 0.3) is 11.8 Å². The molecule has 0 unspecified atom stereocenters. The number of nitrogens with one attached hydrogen (secondary N) is 1. The molecule has 0 spiro atoms. The van der Waals surface area contributed by atoms with E-state index in [0.717, 1.165) is 13.2 Å². The molecule has 1 aliphatic carbocycles. The molecule has 1 saturated carbocycles. The van der Waals surface area contributed by atoms with E-state index in [1.807, 2.05) is 0 Å². The van der Waals surface area contributed by atoms with Crippen LogP contribution in [0.5, 0.6) is 11.8 Å². The van der Waals surface area contributed by atoms with Gasteiger partial charge in [0.1, 0.15) is 16.7 Å². The zero-order valence-corrected chi connectivity index (χ0v) is 20.5. The van der Waals surface area contributed by atoms with Crippen molar-refractivity contribution in [1.82, 2.24) is 20.2 Å². The first-order valence-corrected chi connectivity index (χ1v) is 12.6. The van der Waals surface area contributed by atoms with Crippen LogP contribution in [-0.2, 0) is 21.4 Å². The number of hydrogen-bond donors (Lipinski definition) is 1. The quantitative estimate of drug-likeness (QED) is 0.499. The summed E-state index contributed by atoms with van der Waals surface area (Å²) in [5.74, 6) is -1.74. The number of nitrogens with zero attached hydrogens (tertiary/aromatic N) is 5. The Morgan fingerprint density at radius 2 is 1.89 bits per heavy atom. The van der Waals surface area contributed by atoms with Gasteiger partial charge in [-0.1, -0.05) is 6.07 Å². The lowest BCUT2D eigenvalue weighted by Gasteiger charge is -2.16. The minimum absolute atomic E-state index is 0.0233. The second kappa shape index (κ2) is 9.07. The van der Waals surface area contributed by atoms with E-state index in [1.54, 1.807) is 0 Å². The molecule has 2 heterocycles. The van der Waals surface area contributed by atoms with Gasteiger partial charge in [-0.05, 0) is 50.5 Å². The number of carbonyl (C=O) groups is 1. The maximum Gasteiger partial charge on any atom is 0.435 e. The molecule has 192 valence electrons. The third kappa shape index (κ3) is 5.21. The van der Waals surface area contributed by atoms with Gasteiger partial charge in [-0.25, -0.2) is 18.4 Å². The standard InChI is InChI=1S/C23H19F3N6O4S/c1-12-17(19(33)30-14-5-4-6-15(9-14)37(3,34)35)21(32-31-18(12)23(24,25)26)36-20-13(2)29-16(10-28-20)22(11-27)7-8-22/h4-6,9-10H,7-8H2,1-3H3,(H,30,33). The van der Waals surface area contributed by atoms with E-state index in [0.29, 0.717) is 18.5 Å². The topological polar surface area (TPSA) is 148 Å². The Balaban J connectivity index is 1.74. The zero-order chi connectivity index (χ0) is 27.2. The molecule has 4 rings (SSSR count). The number of amides is 1. The highest BCUT2D eigenvalue weighted by molar-refractivity contribution is 7.90. The van der Waals surface area contributed by atoms with Gasteiger partial charge in [-0.3, -0.25) is 4.79 Å². The molecule has 1 aliphatic rings. The molecule has 1 fully saturated rings. The van der Waals surface area contributed by atoms with Crippen molar-refractivity contribution < 1.29 is 31.1 Å². The van der Waals surface area contributed by atoms with Crippen LogP contribution in [0.25, 0.3) is 0 Å². The number of anilines is 1. The summed E-state index contributed by atoms with van der Waals surface area (Å²) in [6, 6.07) is 7.41. The molecule has 37 heavy (non-hydrogen) atoms. The molecule has 0 aliphatic heterocycles. The molecule has 0 bridgehead atoms. The molecular weight excluding hydrogens is 513 g/mol. The van der Waals surface area contributed by atoms with Gasteiger partial charge in [0.15, 0.2) is 15.5 Å². The molecule has 0 radical (unpaired) electrons. The lowest BCUT2D eigenvalue weighted by molar-refractivity contribution is -0.142. The second-order valence-corrected chi connectivity index (χ2v) is 10.6. The second-order valence-electron chi connectivity index (χ2n) is 8.55. The number of ether oxygens (including phenoxy) is 1. The molecule has 1 aromatic carbocycles. The number of carbonyl (C=O) groups excluding carboxylic acids is 1. The molecule has 1 amide bonds. The van der Waals surface area contributed by atoms with E-state index in [2.05, 4.69) is 31.6 Å². The first-order valence-electron chi connectivity index (χ1n) is 10.7. The smallest absolute Gasteiger partial charge is 0.416 e. The largest absolute Gasteiger partial charge is 0.435 e. The van der Waals surface area contributed by atoms with Crippen LogP contribution < -0.4 is 10.1 Å². The predicted molar refractivity (Wildman–Crippen MR) is 123 cm³/mol. The fourth-order valence-corrected chi connectivity index (χ4v) is 4.22. The summed E-state index contributed by atoms with van der Waals surface area (Å²) in [7, 11) is -3.61. The fraction of sp³-hybridized carbons (Fsp3) is 0.304. The van der Waals surface area contributed by atoms with Crippen LogP contribution in [-0.4, -0.2) is 40.7 Å². The zero-order valence-electron chi connectivity index (χ0n) is 19.7. The molecule has 14 heteroatoms. The minimum Gasteiger partial charge on any atom is -0.416 e. The number of nitriles is 1. The lowest BCUT2D eigenvalue weighted by atomic mass is 10.1. The van der Waals surface area contributed by atoms with Crippen molar-refractivity contribution in [2.24, 2.45) is 0 Å². The average molecular weight is 533 g/mol. The van der Waals surface area contributed by atoms with Crippen LogP contribution >= 0.6 is 0 Å². The maximum atomic E-state index is 13.5. The van der Waals surface area contributed by atoms with Crippen LogP contribution in [0.15, 0.2) is 35.4 Å². The number of aromatic nitrogens is 4. The van der Waals surface area contributed by atoms with E-state index in [1.165, 1.54) is 37.4 Å². The number of aryl methyl sites for hydroxylation is 1. The van der Waals surface area contributed by atoms with E-state index in [-0.39, 0.29) is 22.2 Å². The molecule has 2 aromatic heterocycles. The molecule has 1 N–H and O–H groups in total. The highest BCUT2D eigenvalue weighted by atomic mass is 32.2. The first-order chi connectivity index (χ1) is 17.2. The molecule has 0 saturated heterocycles.